The average Bonchev–Trinajstić information content (AvgIpc) is 3.12. The fraction of sp³-hybridized carbons (Fsp3) is 0.296. The summed E-state index contributed by atoms with van der Waals surface area (Å²) in [5, 5.41) is 3.44. The number of ether oxygens (including phenoxy) is 1. The van der Waals surface area contributed by atoms with Crippen molar-refractivity contribution >= 4 is 34.7 Å². The Kier molecular flexibility index (Phi) is 7.95. The van der Waals surface area contributed by atoms with Crippen molar-refractivity contribution in [1.82, 2.24) is 19.6 Å². The number of aromatic nitrogens is 2. The molecular weight excluding hydrogens is 542 g/mol. The van der Waals surface area contributed by atoms with Gasteiger partial charge < -0.3 is 10.1 Å². The number of piperidine rings is 1. The Hall–Kier alpha value is -3.71. The van der Waals surface area contributed by atoms with Crippen LogP contribution in [-0.2, 0) is 23.0 Å². The van der Waals surface area contributed by atoms with Crippen LogP contribution < -0.4 is 15.5 Å². The zero-order valence-corrected chi connectivity index (χ0v) is 22.1. The third-order valence-electron chi connectivity index (χ3n) is 6.71. The van der Waals surface area contributed by atoms with Crippen molar-refractivity contribution in [2.75, 3.05) is 13.1 Å². The highest BCUT2D eigenvalue weighted by Gasteiger charge is 2.34. The summed E-state index contributed by atoms with van der Waals surface area (Å²) in [6.45, 7) is 0.983. The van der Waals surface area contributed by atoms with Crippen LogP contribution in [-0.4, -0.2) is 55.7 Å². The average molecular weight is 567 g/mol. The van der Waals surface area contributed by atoms with Gasteiger partial charge in [0.2, 0.25) is 10.0 Å². The second kappa shape index (κ2) is 11.4. The van der Waals surface area contributed by atoms with E-state index in [4.69, 9.17) is 12.8 Å². The third kappa shape index (κ3) is 6.53. The topological polar surface area (TPSA) is 96.8 Å². The highest BCUT2D eigenvalue weighted by Crippen LogP contribution is 2.30. The summed E-state index contributed by atoms with van der Waals surface area (Å²) in [5.41, 5.74) is 4.46. The monoisotopic (exact) mass is 567 g/mol. The van der Waals surface area contributed by atoms with Crippen LogP contribution in [0.2, 0.25) is 0 Å². The minimum Gasteiger partial charge on any atom is -0.406 e. The van der Waals surface area contributed by atoms with E-state index in [-0.39, 0.29) is 23.9 Å². The number of sulfonamides is 1. The van der Waals surface area contributed by atoms with Crippen LogP contribution >= 0.6 is 0 Å². The molecular formula is C27H25BF3N5O3S. The van der Waals surface area contributed by atoms with Crippen molar-refractivity contribution in [2.24, 2.45) is 10.9 Å². The molecule has 1 N–H and O–H groups in total. The molecule has 13 heteroatoms. The number of aliphatic imine (C=N–C) groups is 1. The highest BCUT2D eigenvalue weighted by atomic mass is 32.2. The Morgan fingerprint density at radius 1 is 1.10 bits per heavy atom. The summed E-state index contributed by atoms with van der Waals surface area (Å²) < 4.78 is 69.6. The van der Waals surface area contributed by atoms with E-state index in [9.17, 15) is 21.6 Å². The summed E-state index contributed by atoms with van der Waals surface area (Å²) in [4.78, 5) is 13.1. The van der Waals surface area contributed by atoms with Crippen molar-refractivity contribution in [1.29, 1.82) is 0 Å². The summed E-state index contributed by atoms with van der Waals surface area (Å²) in [6.07, 6.45) is 5.63. The Labute approximate surface area is 231 Å². The standard InChI is InChI=1S/C27H25BF3N5O3S/c28-24-16-33-15-20-11-21(34-14-18-3-1-9-32-13-18)12-25(35-26(20)24)19-4-2-10-36(17-19)40(37,38)23-7-5-22(6-8-23)39-27(29,30)31/h1,3,5-9,12-13,15-16,19,34H,2,4,10-11,14,17H2. The minimum absolute atomic E-state index is 0.111. The molecule has 2 radical (unpaired) electrons. The maximum atomic E-state index is 13.4. The van der Waals surface area contributed by atoms with Gasteiger partial charge in [0.1, 0.15) is 13.6 Å². The van der Waals surface area contributed by atoms with E-state index in [1.54, 1.807) is 18.6 Å². The molecule has 40 heavy (non-hydrogen) atoms. The second-order valence-corrected chi connectivity index (χ2v) is 11.5. The number of halogens is 3. The van der Waals surface area contributed by atoms with Crippen LogP contribution in [0.3, 0.4) is 0 Å². The highest BCUT2D eigenvalue weighted by molar-refractivity contribution is 7.89. The molecule has 8 nitrogen and oxygen atoms in total. The van der Waals surface area contributed by atoms with Crippen LogP contribution in [0.1, 0.15) is 24.0 Å². The molecule has 1 fully saturated rings. The van der Waals surface area contributed by atoms with Gasteiger partial charge >= 0.3 is 6.36 Å². The quantitative estimate of drug-likeness (QED) is 0.439. The zero-order valence-electron chi connectivity index (χ0n) is 21.3. The van der Waals surface area contributed by atoms with E-state index < -0.39 is 22.1 Å². The molecule has 0 amide bonds. The molecule has 2 aromatic heterocycles. The van der Waals surface area contributed by atoms with Gasteiger partial charge in [0.25, 0.3) is 0 Å². The lowest BCUT2D eigenvalue weighted by atomic mass is 9.93. The third-order valence-corrected chi connectivity index (χ3v) is 8.58. The summed E-state index contributed by atoms with van der Waals surface area (Å²) in [6, 6.07) is 8.05. The van der Waals surface area contributed by atoms with Crippen molar-refractivity contribution in [3.8, 4) is 5.75 Å². The van der Waals surface area contributed by atoms with Gasteiger partial charge in [-0.25, -0.2) is 8.42 Å². The molecule has 0 bridgehead atoms. The molecule has 0 saturated carbocycles. The first kappa shape index (κ1) is 27.8. The van der Waals surface area contributed by atoms with Gasteiger partial charge in [0, 0.05) is 73.7 Å². The molecule has 5 rings (SSSR count). The molecule has 1 atom stereocenters. The van der Waals surface area contributed by atoms with Crippen molar-refractivity contribution in [2.45, 2.75) is 37.1 Å². The fourth-order valence-electron chi connectivity index (χ4n) is 4.78. The van der Waals surface area contributed by atoms with Gasteiger partial charge in [-0.05, 0) is 54.8 Å². The first-order chi connectivity index (χ1) is 19.1. The number of nitrogens with zero attached hydrogens (tertiary/aromatic N) is 4. The van der Waals surface area contributed by atoms with Crippen LogP contribution in [0.15, 0.2) is 82.8 Å². The number of hydrogen-bond donors (Lipinski definition) is 1. The molecule has 2 aliphatic heterocycles. The van der Waals surface area contributed by atoms with E-state index in [0.29, 0.717) is 42.7 Å². The van der Waals surface area contributed by atoms with E-state index in [1.165, 1.54) is 10.5 Å². The number of nitrogens with one attached hydrogen (secondary N) is 1. The first-order valence-electron chi connectivity index (χ1n) is 12.6. The van der Waals surface area contributed by atoms with Crippen LogP contribution in [0, 0.1) is 5.92 Å². The predicted molar refractivity (Wildman–Crippen MR) is 144 cm³/mol. The number of rotatable bonds is 7. The van der Waals surface area contributed by atoms with Crippen LogP contribution in [0.5, 0.6) is 5.75 Å². The molecule has 1 aromatic carbocycles. The molecule has 2 aliphatic rings. The van der Waals surface area contributed by atoms with E-state index in [2.05, 4.69) is 20.0 Å². The Morgan fingerprint density at radius 3 is 2.62 bits per heavy atom. The van der Waals surface area contributed by atoms with Gasteiger partial charge in [-0.3, -0.25) is 15.0 Å². The zero-order chi connectivity index (χ0) is 28.3. The van der Waals surface area contributed by atoms with Crippen LogP contribution in [0.4, 0.5) is 18.9 Å². The van der Waals surface area contributed by atoms with E-state index in [1.807, 2.05) is 18.2 Å². The normalized spacial score (nSPS) is 18.2. The maximum absolute atomic E-state index is 13.4. The van der Waals surface area contributed by atoms with Gasteiger partial charge in [0.05, 0.1) is 10.6 Å². The van der Waals surface area contributed by atoms with Crippen molar-refractivity contribution in [3.05, 3.63) is 84.1 Å². The van der Waals surface area contributed by atoms with E-state index in [0.717, 1.165) is 41.1 Å². The molecule has 1 unspecified atom stereocenters. The van der Waals surface area contributed by atoms with Gasteiger partial charge in [-0.15, -0.1) is 13.2 Å². The number of pyridine rings is 2. The number of fused-ring (bicyclic) bond motifs is 1. The molecule has 0 aliphatic carbocycles. The fourth-order valence-corrected chi connectivity index (χ4v) is 6.31. The van der Waals surface area contributed by atoms with Gasteiger partial charge in [0.15, 0.2) is 0 Å². The van der Waals surface area contributed by atoms with E-state index >= 15 is 0 Å². The number of hydrogen-bond acceptors (Lipinski definition) is 7. The van der Waals surface area contributed by atoms with Gasteiger partial charge in [-0.1, -0.05) is 11.5 Å². The SMILES string of the molecule is [B]c1cncc2c1N=C(C1CCCN(S(=O)(=O)c3ccc(OC(F)(F)F)cc3)C1)C=C(NCc1cccnc1)C2. The number of benzene rings is 1. The maximum Gasteiger partial charge on any atom is 0.573 e. The van der Waals surface area contributed by atoms with Crippen LogP contribution in [0.25, 0.3) is 0 Å². The Balaban J connectivity index is 1.40. The number of alkyl halides is 3. The molecule has 0 spiro atoms. The lowest BCUT2D eigenvalue weighted by Gasteiger charge is -2.32. The lowest BCUT2D eigenvalue weighted by Crippen LogP contribution is -2.42. The van der Waals surface area contributed by atoms with Gasteiger partial charge in [-0.2, -0.15) is 4.31 Å². The predicted octanol–water partition coefficient (Wildman–Crippen LogP) is 3.57. The molecule has 4 heterocycles. The minimum atomic E-state index is -4.86. The lowest BCUT2D eigenvalue weighted by molar-refractivity contribution is -0.274. The summed E-state index contributed by atoms with van der Waals surface area (Å²) in [5.74, 6) is -0.719. The molecule has 1 saturated heterocycles. The smallest absolute Gasteiger partial charge is 0.406 e. The summed E-state index contributed by atoms with van der Waals surface area (Å²) >= 11 is 0. The first-order valence-corrected chi connectivity index (χ1v) is 14.0. The Bertz CT molecular complexity index is 1530. The molecule has 3 aromatic rings. The number of allylic oxidation sites excluding steroid dienone is 2. The van der Waals surface area contributed by atoms with Crippen molar-refractivity contribution in [3.63, 3.8) is 0 Å². The summed E-state index contributed by atoms with van der Waals surface area (Å²) in [7, 11) is 2.26. The second-order valence-electron chi connectivity index (χ2n) is 9.56. The largest absolute Gasteiger partial charge is 0.573 e. The Morgan fingerprint density at radius 2 is 1.90 bits per heavy atom. The molecule has 206 valence electrons. The van der Waals surface area contributed by atoms with Crippen molar-refractivity contribution < 1.29 is 26.3 Å².